The van der Waals surface area contributed by atoms with E-state index >= 15 is 0 Å². The van der Waals surface area contributed by atoms with Gasteiger partial charge in [0.25, 0.3) is 0 Å². The first-order valence-electron chi connectivity index (χ1n) is 8.69. The van der Waals surface area contributed by atoms with E-state index in [1.165, 1.54) is 7.11 Å². The molecule has 26 heavy (non-hydrogen) atoms. The van der Waals surface area contributed by atoms with Gasteiger partial charge < -0.3 is 19.9 Å². The summed E-state index contributed by atoms with van der Waals surface area (Å²) >= 11 is 0. The smallest absolute Gasteiger partial charge is 0.407 e. The molecule has 0 saturated carbocycles. The molecule has 2 amide bonds. The second kappa shape index (κ2) is 9.04. The van der Waals surface area contributed by atoms with Crippen molar-refractivity contribution in [2.45, 2.75) is 26.3 Å². The van der Waals surface area contributed by atoms with Gasteiger partial charge in [-0.15, -0.1) is 0 Å². The van der Waals surface area contributed by atoms with Gasteiger partial charge in [-0.3, -0.25) is 4.79 Å². The molecule has 1 unspecified atom stereocenters. The highest BCUT2D eigenvalue weighted by Gasteiger charge is 2.30. The Morgan fingerprint density at radius 2 is 2.04 bits per heavy atom. The van der Waals surface area contributed by atoms with Crippen LogP contribution in [0.3, 0.4) is 0 Å². The van der Waals surface area contributed by atoms with Crippen molar-refractivity contribution in [3.8, 4) is 6.07 Å². The summed E-state index contributed by atoms with van der Waals surface area (Å²) in [6.07, 6.45) is 1.61. The molecular formula is C18H25N5O3. The number of hydrogen-bond acceptors (Lipinski definition) is 6. The summed E-state index contributed by atoms with van der Waals surface area (Å²) in [6.45, 7) is 6.20. The molecule has 0 bridgehead atoms. The van der Waals surface area contributed by atoms with E-state index in [2.05, 4.69) is 21.1 Å². The van der Waals surface area contributed by atoms with Crippen molar-refractivity contribution in [1.82, 2.24) is 15.2 Å². The molecule has 140 valence electrons. The van der Waals surface area contributed by atoms with Crippen LogP contribution in [-0.2, 0) is 9.53 Å². The van der Waals surface area contributed by atoms with Crippen LogP contribution in [0.5, 0.6) is 0 Å². The molecule has 1 fully saturated rings. The largest absolute Gasteiger partial charge is 0.453 e. The minimum Gasteiger partial charge on any atom is -0.453 e. The monoisotopic (exact) mass is 359 g/mol. The Kier molecular flexibility index (Phi) is 6.78. The maximum atomic E-state index is 12.8. The molecule has 8 heteroatoms. The van der Waals surface area contributed by atoms with E-state index in [1.807, 2.05) is 18.7 Å². The van der Waals surface area contributed by atoms with Gasteiger partial charge in [-0.1, -0.05) is 13.8 Å². The summed E-state index contributed by atoms with van der Waals surface area (Å²) in [6, 6.07) is 5.02. The number of nitrogens with zero attached hydrogens (tertiary/aromatic N) is 4. The molecule has 8 nitrogen and oxygen atoms in total. The summed E-state index contributed by atoms with van der Waals surface area (Å²) in [5.74, 6) is 0.799. The van der Waals surface area contributed by atoms with Gasteiger partial charge in [-0.25, -0.2) is 9.78 Å². The summed E-state index contributed by atoms with van der Waals surface area (Å²) in [7, 11) is 1.28. The molecule has 0 radical (unpaired) electrons. The number of piperazine rings is 1. The Hall–Kier alpha value is -2.82. The number of alkyl carbamates (subject to hydrolysis) is 1. The number of amides is 2. The number of aromatic nitrogens is 1. The van der Waals surface area contributed by atoms with E-state index in [0.717, 1.165) is 0 Å². The van der Waals surface area contributed by atoms with Crippen molar-refractivity contribution < 1.29 is 14.3 Å². The molecule has 1 N–H and O–H groups in total. The molecule has 0 aromatic carbocycles. The first kappa shape index (κ1) is 19.5. The first-order valence-corrected chi connectivity index (χ1v) is 8.69. The van der Waals surface area contributed by atoms with Crippen LogP contribution >= 0.6 is 0 Å². The van der Waals surface area contributed by atoms with E-state index in [1.54, 1.807) is 23.2 Å². The van der Waals surface area contributed by atoms with E-state index in [-0.39, 0.29) is 11.8 Å². The highest BCUT2D eigenvalue weighted by atomic mass is 16.5. The Balaban J connectivity index is 2.01. The minimum atomic E-state index is -0.602. The molecule has 1 saturated heterocycles. The molecule has 1 aromatic rings. The van der Waals surface area contributed by atoms with Gasteiger partial charge in [0.05, 0.1) is 12.7 Å². The number of carbonyl (C=O) groups is 2. The number of anilines is 1. The zero-order valence-electron chi connectivity index (χ0n) is 15.4. The van der Waals surface area contributed by atoms with Crippen molar-refractivity contribution in [2.24, 2.45) is 5.92 Å². The number of pyridine rings is 1. The van der Waals surface area contributed by atoms with Crippen LogP contribution in [0.2, 0.25) is 0 Å². The van der Waals surface area contributed by atoms with Crippen LogP contribution in [0.1, 0.15) is 25.8 Å². The molecule has 1 atom stereocenters. The predicted octanol–water partition coefficient (Wildman–Crippen LogP) is 1.37. The number of ether oxygens (including phenoxy) is 1. The van der Waals surface area contributed by atoms with Gasteiger partial charge in [0, 0.05) is 32.4 Å². The lowest BCUT2D eigenvalue weighted by atomic mass is 10.0. The SMILES string of the molecule is COC(=O)NC(CC(C)C)C(=O)N1CCN(c2ncccc2C#N)CC1. The lowest BCUT2D eigenvalue weighted by Gasteiger charge is -2.37. The van der Waals surface area contributed by atoms with Crippen molar-refractivity contribution in [1.29, 1.82) is 5.26 Å². The van der Waals surface area contributed by atoms with E-state index in [0.29, 0.717) is 44.0 Å². The predicted molar refractivity (Wildman–Crippen MR) is 96.5 cm³/mol. The summed E-state index contributed by atoms with van der Waals surface area (Å²) in [5, 5.41) is 11.9. The lowest BCUT2D eigenvalue weighted by Crippen LogP contribution is -2.55. The molecule has 1 aliphatic heterocycles. The zero-order chi connectivity index (χ0) is 19.1. The molecular weight excluding hydrogens is 334 g/mol. The quantitative estimate of drug-likeness (QED) is 0.853. The van der Waals surface area contributed by atoms with Crippen LogP contribution in [-0.4, -0.2) is 61.2 Å². The van der Waals surface area contributed by atoms with Crippen molar-refractivity contribution in [2.75, 3.05) is 38.2 Å². The maximum Gasteiger partial charge on any atom is 0.407 e. The van der Waals surface area contributed by atoms with E-state index < -0.39 is 12.1 Å². The summed E-state index contributed by atoms with van der Waals surface area (Å²) in [5.41, 5.74) is 0.525. The zero-order valence-corrected chi connectivity index (χ0v) is 15.4. The topological polar surface area (TPSA) is 98.6 Å². The van der Waals surface area contributed by atoms with Crippen LogP contribution < -0.4 is 10.2 Å². The second-order valence-electron chi connectivity index (χ2n) is 6.62. The minimum absolute atomic E-state index is 0.106. The van der Waals surface area contributed by atoms with Crippen molar-refractivity contribution in [3.05, 3.63) is 23.9 Å². The van der Waals surface area contributed by atoms with Crippen LogP contribution in [0.4, 0.5) is 10.6 Å². The number of rotatable bonds is 5. The average Bonchev–Trinajstić information content (AvgIpc) is 2.66. The van der Waals surface area contributed by atoms with Crippen LogP contribution in [0.25, 0.3) is 0 Å². The average molecular weight is 359 g/mol. The third-order valence-electron chi connectivity index (χ3n) is 4.28. The number of nitriles is 1. The molecule has 1 aromatic heterocycles. The van der Waals surface area contributed by atoms with Gasteiger partial charge >= 0.3 is 6.09 Å². The third-order valence-corrected chi connectivity index (χ3v) is 4.28. The Morgan fingerprint density at radius 1 is 1.35 bits per heavy atom. The fraction of sp³-hybridized carbons (Fsp3) is 0.556. The van der Waals surface area contributed by atoms with Gasteiger partial charge in [-0.05, 0) is 24.5 Å². The van der Waals surface area contributed by atoms with Gasteiger partial charge in [0.1, 0.15) is 17.9 Å². The van der Waals surface area contributed by atoms with Crippen LogP contribution in [0.15, 0.2) is 18.3 Å². The fourth-order valence-corrected chi connectivity index (χ4v) is 2.99. The van der Waals surface area contributed by atoms with Gasteiger partial charge in [0.2, 0.25) is 5.91 Å². The maximum absolute atomic E-state index is 12.8. The molecule has 2 heterocycles. The Labute approximate surface area is 153 Å². The molecule has 0 aliphatic carbocycles. The normalized spacial score (nSPS) is 15.3. The van der Waals surface area contributed by atoms with Crippen molar-refractivity contribution in [3.63, 3.8) is 0 Å². The Bertz CT molecular complexity index is 678. The second-order valence-corrected chi connectivity index (χ2v) is 6.62. The Morgan fingerprint density at radius 3 is 2.62 bits per heavy atom. The van der Waals surface area contributed by atoms with Gasteiger partial charge in [0.15, 0.2) is 0 Å². The summed E-state index contributed by atoms with van der Waals surface area (Å²) < 4.78 is 4.63. The van der Waals surface area contributed by atoms with Crippen LogP contribution in [0, 0.1) is 17.2 Å². The highest BCUT2D eigenvalue weighted by Crippen LogP contribution is 2.19. The van der Waals surface area contributed by atoms with E-state index in [9.17, 15) is 14.9 Å². The standard InChI is InChI=1S/C18H25N5O3/c1-13(2)11-15(21-18(25)26-3)17(24)23-9-7-22(8-10-23)16-14(12-19)5-4-6-20-16/h4-6,13,15H,7-11H2,1-3H3,(H,21,25). The number of methoxy groups -OCH3 is 1. The van der Waals surface area contributed by atoms with Gasteiger partial charge in [-0.2, -0.15) is 5.26 Å². The first-order chi connectivity index (χ1) is 12.5. The van der Waals surface area contributed by atoms with E-state index in [4.69, 9.17) is 0 Å². The third kappa shape index (κ3) is 4.85. The lowest BCUT2D eigenvalue weighted by molar-refractivity contribution is -0.134. The summed E-state index contributed by atoms with van der Waals surface area (Å²) in [4.78, 5) is 32.4. The number of nitrogens with one attached hydrogen (secondary N) is 1. The number of carbonyl (C=O) groups excluding carboxylic acids is 2. The molecule has 0 spiro atoms. The fourth-order valence-electron chi connectivity index (χ4n) is 2.99. The molecule has 1 aliphatic rings. The highest BCUT2D eigenvalue weighted by molar-refractivity contribution is 5.86. The number of hydrogen-bond donors (Lipinski definition) is 1. The van der Waals surface area contributed by atoms with Crippen molar-refractivity contribution >= 4 is 17.8 Å². The molecule has 2 rings (SSSR count).